The smallest absolute Gasteiger partial charge is 0.144 e. The zero-order chi connectivity index (χ0) is 23.7. The first-order valence-corrected chi connectivity index (χ1v) is 12.5. The highest BCUT2D eigenvalue weighted by Gasteiger charge is 2.13. The number of imidazole rings is 1. The van der Waals surface area contributed by atoms with Crippen LogP contribution in [0.25, 0.3) is 28.2 Å². The average Bonchev–Trinajstić information content (AvgIpc) is 3.33. The summed E-state index contributed by atoms with van der Waals surface area (Å²) in [6.45, 7) is 6.43. The van der Waals surface area contributed by atoms with Crippen LogP contribution in [0.2, 0.25) is 0 Å². The van der Waals surface area contributed by atoms with Gasteiger partial charge in [-0.1, -0.05) is 66.2 Å². The van der Waals surface area contributed by atoms with Crippen LogP contribution in [0.3, 0.4) is 0 Å². The number of aryl methyl sites for hydroxylation is 3. The zero-order valence-corrected chi connectivity index (χ0v) is 20.3. The molecular weight excluding hydrogens is 436 g/mol. The molecule has 3 nitrogen and oxygen atoms in total. The van der Waals surface area contributed by atoms with E-state index in [1.165, 1.54) is 22.4 Å². The SMILES string of the molecule is Cc1cc(C)c(-n2ccnc2-c2cccc(-c3ccc(S(=O)c4ccccc4)cc3)c2)c(C)c1. The fourth-order valence-corrected chi connectivity index (χ4v) is 5.60. The Hall–Kier alpha value is -3.76. The van der Waals surface area contributed by atoms with Gasteiger partial charge in [-0.3, -0.25) is 4.57 Å². The number of hydrogen-bond donors (Lipinski definition) is 0. The van der Waals surface area contributed by atoms with Crippen LogP contribution in [0.4, 0.5) is 0 Å². The Morgan fingerprint density at radius 2 is 1.32 bits per heavy atom. The summed E-state index contributed by atoms with van der Waals surface area (Å²) in [5.41, 5.74) is 8.14. The Labute approximate surface area is 203 Å². The van der Waals surface area contributed by atoms with Crippen molar-refractivity contribution in [2.75, 3.05) is 0 Å². The third kappa shape index (κ3) is 4.25. The lowest BCUT2D eigenvalue weighted by Crippen LogP contribution is -2.02. The first kappa shape index (κ1) is 22.1. The first-order chi connectivity index (χ1) is 16.5. The van der Waals surface area contributed by atoms with Crippen LogP contribution >= 0.6 is 0 Å². The second kappa shape index (κ2) is 9.24. The number of aromatic nitrogens is 2. The summed E-state index contributed by atoms with van der Waals surface area (Å²) >= 11 is 0. The molecule has 4 aromatic carbocycles. The molecule has 0 bridgehead atoms. The molecule has 0 aliphatic rings. The second-order valence-corrected chi connectivity index (χ2v) is 10.0. The van der Waals surface area contributed by atoms with Crippen molar-refractivity contribution in [3.05, 3.63) is 120 Å². The molecule has 34 heavy (non-hydrogen) atoms. The summed E-state index contributed by atoms with van der Waals surface area (Å²) in [6.07, 6.45) is 3.88. The lowest BCUT2D eigenvalue weighted by molar-refractivity contribution is 0.683. The van der Waals surface area contributed by atoms with Gasteiger partial charge in [-0.05, 0) is 73.4 Å². The van der Waals surface area contributed by atoms with Gasteiger partial charge in [-0.15, -0.1) is 0 Å². The predicted molar refractivity (Wildman–Crippen MR) is 140 cm³/mol. The van der Waals surface area contributed by atoms with Crippen molar-refractivity contribution in [2.24, 2.45) is 0 Å². The molecule has 0 aliphatic carbocycles. The molecular formula is C30H26N2OS. The largest absolute Gasteiger partial charge is 0.299 e. The molecule has 5 rings (SSSR count). The molecule has 5 aromatic rings. The van der Waals surface area contributed by atoms with Gasteiger partial charge in [0.1, 0.15) is 5.82 Å². The molecule has 0 spiro atoms. The van der Waals surface area contributed by atoms with Gasteiger partial charge < -0.3 is 0 Å². The van der Waals surface area contributed by atoms with E-state index in [2.05, 4.69) is 61.7 Å². The maximum Gasteiger partial charge on any atom is 0.144 e. The van der Waals surface area contributed by atoms with E-state index in [1.807, 2.05) is 67.0 Å². The van der Waals surface area contributed by atoms with Crippen LogP contribution in [0.15, 0.2) is 113 Å². The number of rotatable bonds is 5. The molecule has 0 aliphatic heterocycles. The van der Waals surface area contributed by atoms with Gasteiger partial charge in [0.2, 0.25) is 0 Å². The summed E-state index contributed by atoms with van der Waals surface area (Å²) in [5.74, 6) is 0.915. The van der Waals surface area contributed by atoms with Gasteiger partial charge in [0.25, 0.3) is 0 Å². The molecule has 168 valence electrons. The summed E-state index contributed by atoms with van der Waals surface area (Å²) < 4.78 is 15.0. The van der Waals surface area contributed by atoms with Crippen molar-refractivity contribution in [3.63, 3.8) is 0 Å². The molecule has 0 saturated carbocycles. The van der Waals surface area contributed by atoms with Crippen molar-refractivity contribution in [3.8, 4) is 28.2 Å². The summed E-state index contributed by atoms with van der Waals surface area (Å²) in [5, 5.41) is 0. The Morgan fingerprint density at radius 3 is 2.03 bits per heavy atom. The minimum absolute atomic E-state index is 0.798. The Balaban J connectivity index is 1.48. The van der Waals surface area contributed by atoms with E-state index in [1.54, 1.807) is 0 Å². The van der Waals surface area contributed by atoms with Crippen LogP contribution in [0, 0.1) is 20.8 Å². The van der Waals surface area contributed by atoms with E-state index in [0.717, 1.165) is 32.3 Å². The molecule has 1 aromatic heterocycles. The van der Waals surface area contributed by atoms with Gasteiger partial charge in [0.05, 0.1) is 16.5 Å². The highest BCUT2D eigenvalue weighted by Crippen LogP contribution is 2.30. The quantitative estimate of drug-likeness (QED) is 0.275. The predicted octanol–water partition coefficient (Wildman–Crippen LogP) is 7.30. The van der Waals surface area contributed by atoms with Gasteiger partial charge in [-0.2, -0.15) is 0 Å². The van der Waals surface area contributed by atoms with Crippen LogP contribution in [0.5, 0.6) is 0 Å². The van der Waals surface area contributed by atoms with E-state index >= 15 is 0 Å². The number of hydrogen-bond acceptors (Lipinski definition) is 2. The standard InChI is InChI=1S/C30H26N2OS/c1-21-18-22(2)29(23(3)19-21)32-17-16-31-30(32)26-9-7-8-25(20-26)24-12-14-28(15-13-24)34(33)27-10-5-4-6-11-27/h4-20H,1-3H3. The van der Waals surface area contributed by atoms with Crippen LogP contribution < -0.4 is 0 Å². The molecule has 0 N–H and O–H groups in total. The highest BCUT2D eigenvalue weighted by molar-refractivity contribution is 7.85. The summed E-state index contributed by atoms with van der Waals surface area (Å²) in [4.78, 5) is 6.30. The van der Waals surface area contributed by atoms with Crippen LogP contribution in [-0.4, -0.2) is 13.8 Å². The monoisotopic (exact) mass is 462 g/mol. The average molecular weight is 463 g/mol. The van der Waals surface area contributed by atoms with Crippen molar-refractivity contribution >= 4 is 10.8 Å². The Kier molecular flexibility index (Phi) is 5.99. The van der Waals surface area contributed by atoms with E-state index in [9.17, 15) is 4.21 Å². The molecule has 1 heterocycles. The third-order valence-corrected chi connectivity index (χ3v) is 7.40. The van der Waals surface area contributed by atoms with Gasteiger partial charge in [0, 0.05) is 27.7 Å². The van der Waals surface area contributed by atoms with E-state index in [4.69, 9.17) is 4.98 Å². The Bertz CT molecular complexity index is 1460. The molecule has 1 atom stereocenters. The van der Waals surface area contributed by atoms with E-state index < -0.39 is 10.8 Å². The van der Waals surface area contributed by atoms with Crippen molar-refractivity contribution in [1.29, 1.82) is 0 Å². The van der Waals surface area contributed by atoms with E-state index in [-0.39, 0.29) is 0 Å². The van der Waals surface area contributed by atoms with Gasteiger partial charge >= 0.3 is 0 Å². The van der Waals surface area contributed by atoms with Crippen molar-refractivity contribution in [2.45, 2.75) is 30.6 Å². The number of benzene rings is 4. The molecule has 4 heteroatoms. The fourth-order valence-electron chi connectivity index (χ4n) is 4.54. The van der Waals surface area contributed by atoms with Gasteiger partial charge in [0.15, 0.2) is 0 Å². The van der Waals surface area contributed by atoms with Crippen molar-refractivity contribution in [1.82, 2.24) is 9.55 Å². The second-order valence-electron chi connectivity index (χ2n) is 8.56. The van der Waals surface area contributed by atoms with Gasteiger partial charge in [-0.25, -0.2) is 9.19 Å². The molecule has 0 radical (unpaired) electrons. The lowest BCUT2D eigenvalue weighted by Gasteiger charge is -2.15. The number of nitrogens with zero attached hydrogens (tertiary/aromatic N) is 2. The topological polar surface area (TPSA) is 34.9 Å². The Morgan fingerprint density at radius 1 is 0.676 bits per heavy atom. The van der Waals surface area contributed by atoms with Crippen LogP contribution in [-0.2, 0) is 10.8 Å². The molecule has 0 saturated heterocycles. The molecule has 0 fully saturated rings. The minimum atomic E-state index is -1.18. The van der Waals surface area contributed by atoms with E-state index in [0.29, 0.717) is 0 Å². The first-order valence-electron chi connectivity index (χ1n) is 11.3. The lowest BCUT2D eigenvalue weighted by atomic mass is 10.0. The maximum atomic E-state index is 12.9. The highest BCUT2D eigenvalue weighted by atomic mass is 32.2. The summed E-state index contributed by atoms with van der Waals surface area (Å²) in [7, 11) is -1.18. The molecule has 1 unspecified atom stereocenters. The summed E-state index contributed by atoms with van der Waals surface area (Å²) in [6, 6.07) is 30.4. The third-order valence-electron chi connectivity index (χ3n) is 6.00. The van der Waals surface area contributed by atoms with Crippen molar-refractivity contribution < 1.29 is 4.21 Å². The minimum Gasteiger partial charge on any atom is -0.299 e. The van der Waals surface area contributed by atoms with Crippen LogP contribution in [0.1, 0.15) is 16.7 Å². The fraction of sp³-hybridized carbons (Fsp3) is 0.100. The normalized spacial score (nSPS) is 12.0. The zero-order valence-electron chi connectivity index (χ0n) is 19.5. The molecule has 0 amide bonds. The maximum absolute atomic E-state index is 12.9.